The first-order chi connectivity index (χ1) is 12.4. The van der Waals surface area contributed by atoms with Gasteiger partial charge in [0, 0.05) is 13.1 Å². The minimum absolute atomic E-state index is 0.109. The van der Waals surface area contributed by atoms with Gasteiger partial charge in [0.1, 0.15) is 17.1 Å². The average molecular weight is 358 g/mol. The van der Waals surface area contributed by atoms with E-state index in [2.05, 4.69) is 5.32 Å². The van der Waals surface area contributed by atoms with Crippen molar-refractivity contribution < 1.29 is 19.0 Å². The first-order valence-electron chi connectivity index (χ1n) is 8.46. The van der Waals surface area contributed by atoms with Gasteiger partial charge in [-0.15, -0.1) is 0 Å². The smallest absolute Gasteiger partial charge is 0.407 e. The molecule has 0 heterocycles. The molecule has 0 saturated heterocycles. The third-order valence-electron chi connectivity index (χ3n) is 3.37. The Morgan fingerprint density at radius 1 is 0.923 bits per heavy atom. The number of rotatable bonds is 7. The van der Waals surface area contributed by atoms with Crippen LogP contribution in [0, 0.1) is 0 Å². The minimum Gasteiger partial charge on any atom is -0.458 e. The Labute approximate surface area is 154 Å². The number of carbonyl (C=O) groups excluding carboxylic acids is 1. The number of benzene rings is 2. The van der Waals surface area contributed by atoms with Crippen LogP contribution < -0.4 is 20.5 Å². The first kappa shape index (κ1) is 19.6. The van der Waals surface area contributed by atoms with Crippen LogP contribution in [-0.2, 0) is 17.8 Å². The molecule has 26 heavy (non-hydrogen) atoms. The van der Waals surface area contributed by atoms with Crippen molar-refractivity contribution in [2.75, 3.05) is 6.79 Å². The maximum atomic E-state index is 11.6. The van der Waals surface area contributed by atoms with Gasteiger partial charge in [0.05, 0.1) is 0 Å². The van der Waals surface area contributed by atoms with Crippen LogP contribution in [0.3, 0.4) is 0 Å². The van der Waals surface area contributed by atoms with Crippen molar-refractivity contribution in [3.05, 3.63) is 59.7 Å². The van der Waals surface area contributed by atoms with Crippen LogP contribution in [0.15, 0.2) is 48.5 Å². The van der Waals surface area contributed by atoms with E-state index in [1.54, 1.807) is 0 Å². The van der Waals surface area contributed by atoms with E-state index in [1.165, 1.54) is 0 Å². The van der Waals surface area contributed by atoms with Crippen LogP contribution in [-0.4, -0.2) is 18.5 Å². The zero-order valence-electron chi connectivity index (χ0n) is 15.5. The van der Waals surface area contributed by atoms with Gasteiger partial charge in [0.2, 0.25) is 6.79 Å². The number of alkyl carbamates (subject to hydrolysis) is 1. The van der Waals surface area contributed by atoms with Crippen molar-refractivity contribution in [1.29, 1.82) is 0 Å². The zero-order chi connectivity index (χ0) is 19.0. The van der Waals surface area contributed by atoms with Gasteiger partial charge in [-0.3, -0.25) is 0 Å². The fourth-order valence-corrected chi connectivity index (χ4v) is 2.08. The lowest BCUT2D eigenvalue weighted by molar-refractivity contribution is 0.0523. The summed E-state index contributed by atoms with van der Waals surface area (Å²) >= 11 is 0. The summed E-state index contributed by atoms with van der Waals surface area (Å²) in [5.74, 6) is 1.41. The molecule has 2 aromatic rings. The summed E-state index contributed by atoms with van der Waals surface area (Å²) < 4.78 is 16.3. The van der Waals surface area contributed by atoms with Crippen molar-refractivity contribution in [1.82, 2.24) is 5.32 Å². The summed E-state index contributed by atoms with van der Waals surface area (Å²) in [6.45, 7) is 6.48. The highest BCUT2D eigenvalue weighted by atomic mass is 16.7. The third kappa shape index (κ3) is 7.03. The summed E-state index contributed by atoms with van der Waals surface area (Å²) in [7, 11) is 0. The molecule has 140 valence electrons. The summed E-state index contributed by atoms with van der Waals surface area (Å²) in [5, 5.41) is 2.71. The van der Waals surface area contributed by atoms with Crippen LogP contribution in [0.1, 0.15) is 31.9 Å². The van der Waals surface area contributed by atoms with Gasteiger partial charge in [-0.05, 0) is 56.2 Å². The molecular weight excluding hydrogens is 332 g/mol. The van der Waals surface area contributed by atoms with Gasteiger partial charge >= 0.3 is 6.09 Å². The lowest BCUT2D eigenvalue weighted by atomic mass is 10.2. The summed E-state index contributed by atoms with van der Waals surface area (Å²) in [6, 6.07) is 15.0. The van der Waals surface area contributed by atoms with E-state index in [-0.39, 0.29) is 6.79 Å². The molecule has 2 aromatic carbocycles. The molecule has 0 aliphatic rings. The van der Waals surface area contributed by atoms with Crippen LogP contribution in [0.4, 0.5) is 4.79 Å². The predicted molar refractivity (Wildman–Crippen MR) is 100.0 cm³/mol. The van der Waals surface area contributed by atoms with Gasteiger partial charge in [-0.25, -0.2) is 4.79 Å². The topological polar surface area (TPSA) is 82.8 Å². The van der Waals surface area contributed by atoms with Crippen molar-refractivity contribution in [2.45, 2.75) is 39.5 Å². The molecular formula is C20H26N2O4. The Balaban J connectivity index is 1.73. The van der Waals surface area contributed by atoms with E-state index < -0.39 is 11.7 Å². The van der Waals surface area contributed by atoms with Crippen LogP contribution in [0.2, 0.25) is 0 Å². The Kier molecular flexibility index (Phi) is 6.86. The average Bonchev–Trinajstić information content (AvgIpc) is 2.60. The normalized spacial score (nSPS) is 10.9. The Morgan fingerprint density at radius 3 is 1.88 bits per heavy atom. The highest BCUT2D eigenvalue weighted by molar-refractivity contribution is 5.67. The SMILES string of the molecule is CC(C)(C)OC(=O)NCc1ccc(OCOc2ccc(CN)cc2)cc1. The fourth-order valence-electron chi connectivity index (χ4n) is 2.08. The molecule has 0 atom stereocenters. The van der Waals surface area contributed by atoms with Crippen LogP contribution in [0.25, 0.3) is 0 Å². The highest BCUT2D eigenvalue weighted by Gasteiger charge is 2.15. The third-order valence-corrected chi connectivity index (χ3v) is 3.37. The van der Waals surface area contributed by atoms with Gasteiger partial charge in [0.15, 0.2) is 0 Å². The van der Waals surface area contributed by atoms with Gasteiger partial charge in [0.25, 0.3) is 0 Å². The summed E-state index contributed by atoms with van der Waals surface area (Å²) in [5.41, 5.74) is 7.05. The Hall–Kier alpha value is -2.73. The Bertz CT molecular complexity index is 691. The molecule has 0 fully saturated rings. The van der Waals surface area contributed by atoms with E-state index in [4.69, 9.17) is 19.9 Å². The second-order valence-corrected chi connectivity index (χ2v) is 6.75. The van der Waals surface area contributed by atoms with Crippen LogP contribution >= 0.6 is 0 Å². The van der Waals surface area contributed by atoms with Crippen LogP contribution in [0.5, 0.6) is 11.5 Å². The Morgan fingerprint density at radius 2 is 1.42 bits per heavy atom. The molecule has 6 nitrogen and oxygen atoms in total. The monoisotopic (exact) mass is 358 g/mol. The van der Waals surface area contributed by atoms with E-state index in [0.29, 0.717) is 18.8 Å². The predicted octanol–water partition coefficient (Wildman–Crippen LogP) is 3.59. The number of ether oxygens (including phenoxy) is 3. The second-order valence-electron chi connectivity index (χ2n) is 6.75. The molecule has 0 aliphatic carbocycles. The van der Waals surface area contributed by atoms with Gasteiger partial charge in [-0.2, -0.15) is 0 Å². The first-order valence-corrected chi connectivity index (χ1v) is 8.46. The van der Waals surface area contributed by atoms with Crippen molar-refractivity contribution >= 4 is 6.09 Å². The molecule has 0 aromatic heterocycles. The minimum atomic E-state index is -0.508. The van der Waals surface area contributed by atoms with Gasteiger partial charge in [-0.1, -0.05) is 24.3 Å². The number of nitrogens with one attached hydrogen (secondary N) is 1. The second kappa shape index (κ2) is 9.10. The van der Waals surface area contributed by atoms with Gasteiger partial charge < -0.3 is 25.3 Å². The zero-order valence-corrected chi connectivity index (χ0v) is 15.5. The molecule has 3 N–H and O–H groups in total. The maximum absolute atomic E-state index is 11.6. The lowest BCUT2D eigenvalue weighted by Crippen LogP contribution is -2.32. The van der Waals surface area contributed by atoms with E-state index >= 15 is 0 Å². The molecule has 0 aliphatic heterocycles. The quantitative estimate of drug-likeness (QED) is 0.739. The largest absolute Gasteiger partial charge is 0.458 e. The molecule has 2 rings (SSSR count). The molecule has 0 bridgehead atoms. The molecule has 0 radical (unpaired) electrons. The highest BCUT2D eigenvalue weighted by Crippen LogP contribution is 2.15. The van der Waals surface area contributed by atoms with E-state index in [0.717, 1.165) is 16.9 Å². The summed E-state index contributed by atoms with van der Waals surface area (Å²) in [6.07, 6.45) is -0.438. The fraction of sp³-hybridized carbons (Fsp3) is 0.350. The number of amides is 1. The standard InChI is InChI=1S/C20H26N2O4/c1-20(2,3)26-19(23)22-13-16-6-10-18(11-7-16)25-14-24-17-8-4-15(12-21)5-9-17/h4-11H,12-14,21H2,1-3H3,(H,22,23). The number of hydrogen-bond donors (Lipinski definition) is 2. The molecule has 0 saturated carbocycles. The molecule has 1 amide bonds. The lowest BCUT2D eigenvalue weighted by Gasteiger charge is -2.19. The van der Waals surface area contributed by atoms with Crippen molar-refractivity contribution in [3.63, 3.8) is 0 Å². The van der Waals surface area contributed by atoms with Crippen molar-refractivity contribution in [2.24, 2.45) is 5.73 Å². The maximum Gasteiger partial charge on any atom is 0.407 e. The molecule has 0 unspecified atom stereocenters. The number of hydrogen-bond acceptors (Lipinski definition) is 5. The molecule has 0 spiro atoms. The number of carbonyl (C=O) groups is 1. The molecule has 6 heteroatoms. The summed E-state index contributed by atoms with van der Waals surface area (Å²) in [4.78, 5) is 11.6. The van der Waals surface area contributed by atoms with Crippen molar-refractivity contribution in [3.8, 4) is 11.5 Å². The number of nitrogens with two attached hydrogens (primary N) is 1. The van der Waals surface area contributed by atoms with E-state index in [1.807, 2.05) is 69.3 Å². The van der Waals surface area contributed by atoms with E-state index in [9.17, 15) is 4.79 Å².